The van der Waals surface area contributed by atoms with Crippen molar-refractivity contribution >= 4 is 23.5 Å². The standard InChI is InChI=1S/C11H18N4OS/c1-8(17-3)4-5-14-11(16)9-6-13-7-10(12-2)15-9/h6-8H,4-5H2,1-3H3,(H,12,15)(H,14,16). The largest absolute Gasteiger partial charge is 0.372 e. The maximum atomic E-state index is 11.7. The van der Waals surface area contributed by atoms with E-state index in [9.17, 15) is 4.79 Å². The number of hydrogen-bond donors (Lipinski definition) is 2. The number of carbonyl (C=O) groups is 1. The summed E-state index contributed by atoms with van der Waals surface area (Å²) in [7, 11) is 1.74. The molecule has 0 aliphatic heterocycles. The van der Waals surface area contributed by atoms with Gasteiger partial charge in [-0.1, -0.05) is 6.92 Å². The molecule has 0 aliphatic carbocycles. The lowest BCUT2D eigenvalue weighted by Crippen LogP contribution is -2.27. The third-order valence-corrected chi connectivity index (χ3v) is 3.40. The van der Waals surface area contributed by atoms with Gasteiger partial charge in [-0.05, 0) is 12.7 Å². The van der Waals surface area contributed by atoms with Crippen LogP contribution in [0.3, 0.4) is 0 Å². The number of thioether (sulfide) groups is 1. The van der Waals surface area contributed by atoms with Gasteiger partial charge in [0.25, 0.3) is 5.91 Å². The van der Waals surface area contributed by atoms with E-state index in [2.05, 4.69) is 33.8 Å². The molecule has 5 nitrogen and oxygen atoms in total. The van der Waals surface area contributed by atoms with E-state index in [1.165, 1.54) is 6.20 Å². The molecule has 0 radical (unpaired) electrons. The molecule has 0 saturated carbocycles. The minimum atomic E-state index is -0.178. The molecule has 6 heteroatoms. The number of carbonyl (C=O) groups excluding carboxylic acids is 1. The van der Waals surface area contributed by atoms with Gasteiger partial charge in [0.05, 0.1) is 12.4 Å². The molecule has 1 atom stereocenters. The topological polar surface area (TPSA) is 66.9 Å². The predicted molar refractivity (Wildman–Crippen MR) is 71.5 cm³/mol. The van der Waals surface area contributed by atoms with Crippen molar-refractivity contribution in [2.24, 2.45) is 0 Å². The van der Waals surface area contributed by atoms with Crippen molar-refractivity contribution in [3.8, 4) is 0 Å². The van der Waals surface area contributed by atoms with E-state index in [4.69, 9.17) is 0 Å². The number of hydrogen-bond acceptors (Lipinski definition) is 5. The summed E-state index contributed by atoms with van der Waals surface area (Å²) in [5.74, 6) is 0.415. The van der Waals surface area contributed by atoms with E-state index in [0.29, 0.717) is 23.3 Å². The van der Waals surface area contributed by atoms with Crippen LogP contribution in [-0.4, -0.2) is 41.0 Å². The quantitative estimate of drug-likeness (QED) is 0.803. The van der Waals surface area contributed by atoms with Crippen molar-refractivity contribution < 1.29 is 4.79 Å². The molecule has 1 heterocycles. The monoisotopic (exact) mass is 254 g/mol. The highest BCUT2D eigenvalue weighted by Crippen LogP contribution is 2.08. The first-order valence-electron chi connectivity index (χ1n) is 5.48. The first-order valence-corrected chi connectivity index (χ1v) is 6.77. The van der Waals surface area contributed by atoms with Gasteiger partial charge in [-0.3, -0.25) is 9.78 Å². The molecule has 1 aromatic rings. The summed E-state index contributed by atoms with van der Waals surface area (Å²) in [6, 6.07) is 0. The van der Waals surface area contributed by atoms with Crippen LogP contribution in [0.15, 0.2) is 12.4 Å². The van der Waals surface area contributed by atoms with Gasteiger partial charge < -0.3 is 10.6 Å². The van der Waals surface area contributed by atoms with Crippen LogP contribution in [0.1, 0.15) is 23.8 Å². The van der Waals surface area contributed by atoms with E-state index in [-0.39, 0.29) is 5.91 Å². The summed E-state index contributed by atoms with van der Waals surface area (Å²) >= 11 is 1.79. The van der Waals surface area contributed by atoms with Crippen molar-refractivity contribution in [2.75, 3.05) is 25.2 Å². The summed E-state index contributed by atoms with van der Waals surface area (Å²) in [6.45, 7) is 2.80. The first-order chi connectivity index (χ1) is 8.17. The fourth-order valence-electron chi connectivity index (χ4n) is 1.19. The van der Waals surface area contributed by atoms with E-state index in [1.807, 2.05) is 0 Å². The van der Waals surface area contributed by atoms with Gasteiger partial charge in [0, 0.05) is 18.8 Å². The second kappa shape index (κ2) is 7.11. The lowest BCUT2D eigenvalue weighted by atomic mass is 10.3. The first kappa shape index (κ1) is 13.8. The molecule has 1 aromatic heterocycles. The van der Waals surface area contributed by atoms with Crippen LogP contribution in [0.25, 0.3) is 0 Å². The number of rotatable bonds is 6. The molecular weight excluding hydrogens is 236 g/mol. The molecule has 0 fully saturated rings. The third-order valence-electron chi connectivity index (χ3n) is 2.36. The van der Waals surface area contributed by atoms with Gasteiger partial charge in [-0.25, -0.2) is 4.98 Å². The number of nitrogens with one attached hydrogen (secondary N) is 2. The van der Waals surface area contributed by atoms with Crippen LogP contribution >= 0.6 is 11.8 Å². The van der Waals surface area contributed by atoms with Crippen molar-refractivity contribution in [1.82, 2.24) is 15.3 Å². The van der Waals surface area contributed by atoms with Gasteiger partial charge in [0.1, 0.15) is 11.5 Å². The molecule has 0 aliphatic rings. The molecule has 0 aromatic carbocycles. The highest BCUT2D eigenvalue weighted by atomic mass is 32.2. The van der Waals surface area contributed by atoms with Gasteiger partial charge in [0.2, 0.25) is 0 Å². The van der Waals surface area contributed by atoms with Gasteiger partial charge >= 0.3 is 0 Å². The van der Waals surface area contributed by atoms with Gasteiger partial charge in [-0.15, -0.1) is 0 Å². The van der Waals surface area contributed by atoms with Crippen molar-refractivity contribution in [2.45, 2.75) is 18.6 Å². The smallest absolute Gasteiger partial charge is 0.271 e. The third kappa shape index (κ3) is 4.60. The SMILES string of the molecule is CNc1cncc(C(=O)NCCC(C)SC)n1. The van der Waals surface area contributed by atoms with Crippen LogP contribution in [0, 0.1) is 0 Å². The Hall–Kier alpha value is -1.30. The van der Waals surface area contributed by atoms with Crippen LogP contribution < -0.4 is 10.6 Å². The Morgan fingerprint density at radius 2 is 2.29 bits per heavy atom. The van der Waals surface area contributed by atoms with Crippen LogP contribution in [-0.2, 0) is 0 Å². The zero-order chi connectivity index (χ0) is 12.7. The van der Waals surface area contributed by atoms with E-state index in [0.717, 1.165) is 6.42 Å². The second-order valence-electron chi connectivity index (χ2n) is 3.63. The Labute approximate surface area is 106 Å². The normalized spacial score (nSPS) is 11.9. The summed E-state index contributed by atoms with van der Waals surface area (Å²) in [6.07, 6.45) is 6.06. The van der Waals surface area contributed by atoms with Crippen LogP contribution in [0.4, 0.5) is 5.82 Å². The fourth-order valence-corrected chi connectivity index (χ4v) is 1.55. The average molecular weight is 254 g/mol. The number of nitrogens with zero attached hydrogens (tertiary/aromatic N) is 2. The van der Waals surface area contributed by atoms with Crippen molar-refractivity contribution in [1.29, 1.82) is 0 Å². The maximum absolute atomic E-state index is 11.7. The lowest BCUT2D eigenvalue weighted by molar-refractivity contribution is 0.0948. The Morgan fingerprint density at radius 1 is 1.53 bits per heavy atom. The Kier molecular flexibility index (Phi) is 5.76. The number of amides is 1. The molecule has 2 N–H and O–H groups in total. The average Bonchev–Trinajstić information content (AvgIpc) is 2.38. The molecule has 0 spiro atoms. The molecule has 0 bridgehead atoms. The number of aromatic nitrogens is 2. The molecule has 1 amide bonds. The van der Waals surface area contributed by atoms with E-state index >= 15 is 0 Å². The molecule has 1 rings (SSSR count). The molecule has 1 unspecified atom stereocenters. The van der Waals surface area contributed by atoms with E-state index in [1.54, 1.807) is 25.0 Å². The summed E-state index contributed by atoms with van der Waals surface area (Å²) < 4.78 is 0. The Bertz CT molecular complexity index is 372. The highest BCUT2D eigenvalue weighted by Gasteiger charge is 2.08. The molecule has 94 valence electrons. The van der Waals surface area contributed by atoms with Crippen LogP contribution in [0.2, 0.25) is 0 Å². The van der Waals surface area contributed by atoms with Gasteiger partial charge in [0.15, 0.2) is 0 Å². The second-order valence-corrected chi connectivity index (χ2v) is 4.91. The minimum Gasteiger partial charge on any atom is -0.372 e. The van der Waals surface area contributed by atoms with Crippen molar-refractivity contribution in [3.63, 3.8) is 0 Å². The predicted octanol–water partition coefficient (Wildman–Crippen LogP) is 1.39. The zero-order valence-corrected chi connectivity index (χ0v) is 11.2. The van der Waals surface area contributed by atoms with Crippen LogP contribution in [0.5, 0.6) is 0 Å². The molecule has 17 heavy (non-hydrogen) atoms. The maximum Gasteiger partial charge on any atom is 0.271 e. The van der Waals surface area contributed by atoms with Gasteiger partial charge in [-0.2, -0.15) is 11.8 Å². The Morgan fingerprint density at radius 3 is 2.94 bits per heavy atom. The summed E-state index contributed by atoms with van der Waals surface area (Å²) in [5.41, 5.74) is 0.341. The van der Waals surface area contributed by atoms with Crippen molar-refractivity contribution in [3.05, 3.63) is 18.1 Å². The fraction of sp³-hybridized carbons (Fsp3) is 0.545. The zero-order valence-electron chi connectivity index (χ0n) is 10.4. The number of anilines is 1. The molecular formula is C11H18N4OS. The summed E-state index contributed by atoms with van der Waals surface area (Å²) in [4.78, 5) is 19.8. The highest BCUT2D eigenvalue weighted by molar-refractivity contribution is 7.99. The minimum absolute atomic E-state index is 0.178. The Balaban J connectivity index is 2.46. The lowest BCUT2D eigenvalue weighted by Gasteiger charge is -2.09. The molecule has 0 saturated heterocycles. The van der Waals surface area contributed by atoms with E-state index < -0.39 is 0 Å². The summed E-state index contributed by atoms with van der Waals surface area (Å²) in [5, 5.41) is 6.23.